The molecule has 0 bridgehead atoms. The van der Waals surface area contributed by atoms with E-state index >= 15 is 0 Å². The lowest BCUT2D eigenvalue weighted by Gasteiger charge is -2.34. The van der Waals surface area contributed by atoms with E-state index in [1.165, 1.54) is 12.1 Å². The van der Waals surface area contributed by atoms with Gasteiger partial charge in [-0.1, -0.05) is 30.7 Å². The number of aliphatic hydroxyl groups is 1. The molecule has 0 spiro atoms. The molecule has 0 saturated carbocycles. The van der Waals surface area contributed by atoms with Gasteiger partial charge in [-0.05, 0) is 49.2 Å². The van der Waals surface area contributed by atoms with Gasteiger partial charge >= 0.3 is 0 Å². The molecule has 0 unspecified atom stereocenters. The van der Waals surface area contributed by atoms with E-state index in [0.29, 0.717) is 17.9 Å². The van der Waals surface area contributed by atoms with Crippen molar-refractivity contribution in [1.82, 2.24) is 10.2 Å². The number of carbonyl (C=O) groups is 1. The average Bonchev–Trinajstić information content (AvgIpc) is 2.74. The van der Waals surface area contributed by atoms with Crippen molar-refractivity contribution in [2.24, 2.45) is 0 Å². The summed E-state index contributed by atoms with van der Waals surface area (Å²) < 4.78 is 13.0. The molecule has 0 aliphatic carbocycles. The van der Waals surface area contributed by atoms with E-state index in [9.17, 15) is 14.3 Å². The summed E-state index contributed by atoms with van der Waals surface area (Å²) in [5.74, 6) is 0.349. The molecule has 150 valence electrons. The second kappa shape index (κ2) is 10.6. The zero-order chi connectivity index (χ0) is 19.8. The molecule has 1 atom stereocenters. The molecule has 4 nitrogen and oxygen atoms in total. The highest BCUT2D eigenvalue weighted by molar-refractivity contribution is 7.98. The normalized spacial score (nSPS) is 17.4. The summed E-state index contributed by atoms with van der Waals surface area (Å²) in [6.07, 6.45) is 3.33. The number of nitrogens with one attached hydrogen (secondary N) is 1. The van der Waals surface area contributed by atoms with Crippen molar-refractivity contribution >= 4 is 17.7 Å². The Morgan fingerprint density at radius 1 is 1.18 bits per heavy atom. The van der Waals surface area contributed by atoms with Crippen LogP contribution in [0.2, 0.25) is 0 Å². The first-order valence-corrected chi connectivity index (χ1v) is 10.8. The number of hydrogen-bond donors (Lipinski definition) is 2. The molecule has 1 heterocycles. The number of aliphatic hydroxyl groups excluding tert-OH is 1. The van der Waals surface area contributed by atoms with E-state index in [1.54, 1.807) is 23.9 Å². The fourth-order valence-electron chi connectivity index (χ4n) is 3.49. The molecular weight excluding hydrogens is 375 g/mol. The van der Waals surface area contributed by atoms with Crippen molar-refractivity contribution in [3.05, 3.63) is 65.5 Å². The van der Waals surface area contributed by atoms with Crippen LogP contribution in [0.3, 0.4) is 0 Å². The highest BCUT2D eigenvalue weighted by atomic mass is 32.2. The first-order valence-electron chi connectivity index (χ1n) is 9.77. The van der Waals surface area contributed by atoms with Gasteiger partial charge < -0.3 is 10.4 Å². The molecule has 0 radical (unpaired) electrons. The van der Waals surface area contributed by atoms with Crippen LogP contribution >= 0.6 is 11.8 Å². The Labute approximate surface area is 170 Å². The van der Waals surface area contributed by atoms with Gasteiger partial charge in [0, 0.05) is 29.8 Å². The smallest absolute Gasteiger partial charge is 0.252 e. The zero-order valence-corrected chi connectivity index (χ0v) is 16.8. The number of nitrogens with zero attached hydrogens (tertiary/aromatic N) is 1. The highest BCUT2D eigenvalue weighted by Crippen LogP contribution is 2.26. The monoisotopic (exact) mass is 402 g/mol. The maximum Gasteiger partial charge on any atom is 0.252 e. The van der Waals surface area contributed by atoms with Gasteiger partial charge in [-0.25, -0.2) is 4.39 Å². The van der Waals surface area contributed by atoms with Crippen LogP contribution in [-0.4, -0.2) is 48.2 Å². The maximum atomic E-state index is 13.0. The SMILES string of the molecule is O=C(NCCN1CCCC[C@H]1CO)c1ccccc1SCc1ccc(F)cc1. The van der Waals surface area contributed by atoms with E-state index < -0.39 is 0 Å². The second-order valence-electron chi connectivity index (χ2n) is 7.04. The van der Waals surface area contributed by atoms with E-state index in [1.807, 2.05) is 24.3 Å². The van der Waals surface area contributed by atoms with Crippen molar-refractivity contribution in [2.45, 2.75) is 36.0 Å². The van der Waals surface area contributed by atoms with Gasteiger partial charge in [0.25, 0.3) is 5.91 Å². The predicted molar refractivity (Wildman–Crippen MR) is 111 cm³/mol. The van der Waals surface area contributed by atoms with Crippen LogP contribution in [-0.2, 0) is 5.75 Å². The van der Waals surface area contributed by atoms with Crippen LogP contribution in [0.5, 0.6) is 0 Å². The number of piperidine rings is 1. The zero-order valence-electron chi connectivity index (χ0n) is 15.9. The molecule has 1 fully saturated rings. The van der Waals surface area contributed by atoms with E-state index in [2.05, 4.69) is 10.2 Å². The van der Waals surface area contributed by atoms with Gasteiger partial charge in [0.1, 0.15) is 5.82 Å². The quantitative estimate of drug-likeness (QED) is 0.661. The molecule has 0 aromatic heterocycles. The molecule has 1 amide bonds. The number of rotatable bonds is 8. The summed E-state index contributed by atoms with van der Waals surface area (Å²) in [5.41, 5.74) is 1.67. The van der Waals surface area contributed by atoms with E-state index in [4.69, 9.17) is 0 Å². The van der Waals surface area contributed by atoms with E-state index in [0.717, 1.165) is 42.8 Å². The second-order valence-corrected chi connectivity index (χ2v) is 8.05. The minimum Gasteiger partial charge on any atom is -0.395 e. The topological polar surface area (TPSA) is 52.6 Å². The Hall–Kier alpha value is -1.89. The van der Waals surface area contributed by atoms with Gasteiger partial charge in [-0.15, -0.1) is 11.8 Å². The summed E-state index contributed by atoms with van der Waals surface area (Å²) in [5, 5.41) is 12.5. The molecule has 2 aromatic rings. The van der Waals surface area contributed by atoms with Crippen LogP contribution in [0.15, 0.2) is 53.4 Å². The summed E-state index contributed by atoms with van der Waals surface area (Å²) in [6.45, 7) is 2.47. The third-order valence-electron chi connectivity index (χ3n) is 5.08. The summed E-state index contributed by atoms with van der Waals surface area (Å²) in [6, 6.07) is 14.2. The molecule has 6 heteroatoms. The molecule has 2 N–H and O–H groups in total. The molecule has 1 aliphatic heterocycles. The standard InChI is InChI=1S/C22H27FN2O2S/c23-18-10-8-17(9-11-18)16-28-21-7-2-1-6-20(21)22(27)24-12-14-25-13-4-3-5-19(25)15-26/h1-2,6-11,19,26H,3-5,12-16H2,(H,24,27)/t19-/m0/s1. The largest absolute Gasteiger partial charge is 0.395 e. The van der Waals surface area contributed by atoms with Gasteiger partial charge in [0.2, 0.25) is 0 Å². The molecular formula is C22H27FN2O2S. The van der Waals surface area contributed by atoms with Gasteiger partial charge in [0.05, 0.1) is 12.2 Å². The number of carbonyl (C=O) groups excluding carboxylic acids is 1. The van der Waals surface area contributed by atoms with Gasteiger partial charge in [-0.3, -0.25) is 9.69 Å². The number of thioether (sulfide) groups is 1. The van der Waals surface area contributed by atoms with E-state index in [-0.39, 0.29) is 24.4 Å². The fourth-order valence-corrected chi connectivity index (χ4v) is 4.50. The minimum absolute atomic E-state index is 0.0836. The fraction of sp³-hybridized carbons (Fsp3) is 0.409. The lowest BCUT2D eigenvalue weighted by molar-refractivity contribution is 0.0848. The van der Waals surface area contributed by atoms with Crippen molar-refractivity contribution in [3.8, 4) is 0 Å². The van der Waals surface area contributed by atoms with Crippen LogP contribution in [0.4, 0.5) is 4.39 Å². The number of amides is 1. The Bertz CT molecular complexity index is 769. The minimum atomic E-state index is -0.245. The Balaban J connectivity index is 1.54. The predicted octanol–water partition coefficient (Wildman–Crippen LogP) is 3.69. The van der Waals surface area contributed by atoms with Crippen molar-refractivity contribution in [2.75, 3.05) is 26.2 Å². The molecule has 1 aliphatic rings. The summed E-state index contributed by atoms with van der Waals surface area (Å²) >= 11 is 1.57. The number of hydrogen-bond acceptors (Lipinski definition) is 4. The third kappa shape index (κ3) is 5.80. The third-order valence-corrected chi connectivity index (χ3v) is 6.23. The highest BCUT2D eigenvalue weighted by Gasteiger charge is 2.21. The Morgan fingerprint density at radius 2 is 1.96 bits per heavy atom. The first kappa shape index (κ1) is 20.8. The average molecular weight is 403 g/mol. The number of halogens is 1. The van der Waals surface area contributed by atoms with Crippen LogP contribution in [0.1, 0.15) is 35.2 Å². The van der Waals surface area contributed by atoms with Crippen molar-refractivity contribution < 1.29 is 14.3 Å². The first-order chi connectivity index (χ1) is 13.7. The Kier molecular flexibility index (Phi) is 7.89. The molecule has 28 heavy (non-hydrogen) atoms. The van der Waals surface area contributed by atoms with Crippen LogP contribution < -0.4 is 5.32 Å². The maximum absolute atomic E-state index is 13.0. The van der Waals surface area contributed by atoms with Crippen LogP contribution in [0, 0.1) is 5.82 Å². The summed E-state index contributed by atoms with van der Waals surface area (Å²) in [7, 11) is 0. The van der Waals surface area contributed by atoms with Gasteiger partial charge in [0.15, 0.2) is 0 Å². The van der Waals surface area contributed by atoms with Crippen molar-refractivity contribution in [1.29, 1.82) is 0 Å². The molecule has 1 saturated heterocycles. The lowest BCUT2D eigenvalue weighted by Crippen LogP contribution is -2.45. The molecule has 3 rings (SSSR count). The van der Waals surface area contributed by atoms with Crippen molar-refractivity contribution in [3.63, 3.8) is 0 Å². The number of benzene rings is 2. The Morgan fingerprint density at radius 3 is 2.75 bits per heavy atom. The van der Waals surface area contributed by atoms with Gasteiger partial charge in [-0.2, -0.15) is 0 Å². The lowest BCUT2D eigenvalue weighted by atomic mass is 10.0. The summed E-state index contributed by atoms with van der Waals surface area (Å²) in [4.78, 5) is 15.8. The molecule has 2 aromatic carbocycles. The number of likely N-dealkylation sites (tertiary alicyclic amines) is 1. The van der Waals surface area contributed by atoms with Crippen LogP contribution in [0.25, 0.3) is 0 Å².